The van der Waals surface area contributed by atoms with E-state index in [0.717, 1.165) is 12.0 Å². The molecule has 0 saturated heterocycles. The van der Waals surface area contributed by atoms with Crippen LogP contribution in [-0.2, 0) is 17.8 Å². The van der Waals surface area contributed by atoms with Crippen LogP contribution >= 0.6 is 0 Å². The zero-order chi connectivity index (χ0) is 15.8. The molecule has 0 spiro atoms. The SMILES string of the molecule is CCc1ccc(CNC(=O)COc2ccccc2OC)cc1. The van der Waals surface area contributed by atoms with E-state index in [1.807, 2.05) is 24.3 Å². The van der Waals surface area contributed by atoms with E-state index < -0.39 is 0 Å². The van der Waals surface area contributed by atoms with Gasteiger partial charge in [0.1, 0.15) is 0 Å². The first-order valence-electron chi connectivity index (χ1n) is 7.33. The van der Waals surface area contributed by atoms with Crippen LogP contribution in [-0.4, -0.2) is 19.6 Å². The summed E-state index contributed by atoms with van der Waals surface area (Å²) >= 11 is 0. The minimum Gasteiger partial charge on any atom is -0.493 e. The Morgan fingerprint density at radius 2 is 1.64 bits per heavy atom. The molecular formula is C18H21NO3. The molecule has 2 aromatic rings. The van der Waals surface area contributed by atoms with Crippen LogP contribution in [0.1, 0.15) is 18.1 Å². The molecule has 116 valence electrons. The fraction of sp³-hybridized carbons (Fsp3) is 0.278. The lowest BCUT2D eigenvalue weighted by Crippen LogP contribution is -2.28. The lowest BCUT2D eigenvalue weighted by Gasteiger charge is -2.10. The standard InChI is InChI=1S/C18H21NO3/c1-3-14-8-10-15(11-9-14)12-19-18(20)13-22-17-7-5-4-6-16(17)21-2/h4-11H,3,12-13H2,1-2H3,(H,19,20). The highest BCUT2D eigenvalue weighted by Gasteiger charge is 2.06. The van der Waals surface area contributed by atoms with Gasteiger partial charge in [-0.3, -0.25) is 4.79 Å². The van der Waals surface area contributed by atoms with Gasteiger partial charge in [-0.2, -0.15) is 0 Å². The van der Waals surface area contributed by atoms with Crippen molar-refractivity contribution in [2.45, 2.75) is 19.9 Å². The summed E-state index contributed by atoms with van der Waals surface area (Å²) in [5.74, 6) is 1.02. The summed E-state index contributed by atoms with van der Waals surface area (Å²) in [5, 5.41) is 2.84. The van der Waals surface area contributed by atoms with E-state index in [2.05, 4.69) is 24.4 Å². The zero-order valence-corrected chi connectivity index (χ0v) is 13.0. The Kier molecular flexibility index (Phi) is 5.83. The summed E-state index contributed by atoms with van der Waals surface area (Å²) in [4.78, 5) is 11.8. The molecule has 4 nitrogen and oxygen atoms in total. The summed E-state index contributed by atoms with van der Waals surface area (Å²) in [6, 6.07) is 15.5. The fourth-order valence-corrected chi connectivity index (χ4v) is 2.03. The third-order valence-corrected chi connectivity index (χ3v) is 3.35. The topological polar surface area (TPSA) is 47.6 Å². The Bertz CT molecular complexity index is 608. The van der Waals surface area contributed by atoms with E-state index in [1.54, 1.807) is 19.2 Å². The van der Waals surface area contributed by atoms with E-state index in [-0.39, 0.29) is 12.5 Å². The number of rotatable bonds is 7. The number of benzene rings is 2. The zero-order valence-electron chi connectivity index (χ0n) is 13.0. The smallest absolute Gasteiger partial charge is 0.258 e. The second-order valence-corrected chi connectivity index (χ2v) is 4.89. The second-order valence-electron chi connectivity index (χ2n) is 4.89. The van der Waals surface area contributed by atoms with Gasteiger partial charge in [0.25, 0.3) is 5.91 Å². The Labute approximate surface area is 131 Å². The van der Waals surface area contributed by atoms with Crippen LogP contribution in [0.4, 0.5) is 0 Å². The number of nitrogens with one attached hydrogen (secondary N) is 1. The van der Waals surface area contributed by atoms with E-state index in [9.17, 15) is 4.79 Å². The Morgan fingerprint density at radius 1 is 1.00 bits per heavy atom. The van der Waals surface area contributed by atoms with Crippen LogP contribution in [0.5, 0.6) is 11.5 Å². The van der Waals surface area contributed by atoms with Crippen LogP contribution in [0.3, 0.4) is 0 Å². The molecule has 0 bridgehead atoms. The average molecular weight is 299 g/mol. The molecule has 0 unspecified atom stereocenters. The van der Waals surface area contributed by atoms with Gasteiger partial charge in [0.15, 0.2) is 18.1 Å². The molecule has 1 N–H and O–H groups in total. The number of amides is 1. The van der Waals surface area contributed by atoms with Crippen molar-refractivity contribution in [1.82, 2.24) is 5.32 Å². The Balaban J connectivity index is 1.80. The van der Waals surface area contributed by atoms with Gasteiger partial charge >= 0.3 is 0 Å². The molecule has 0 fully saturated rings. The third-order valence-electron chi connectivity index (χ3n) is 3.35. The first-order valence-corrected chi connectivity index (χ1v) is 7.33. The van der Waals surface area contributed by atoms with E-state index in [1.165, 1.54) is 5.56 Å². The molecule has 0 aliphatic carbocycles. The van der Waals surface area contributed by atoms with Gasteiger partial charge in [0.2, 0.25) is 0 Å². The number of hydrogen-bond donors (Lipinski definition) is 1. The van der Waals surface area contributed by atoms with Crippen molar-refractivity contribution >= 4 is 5.91 Å². The van der Waals surface area contributed by atoms with E-state index in [4.69, 9.17) is 9.47 Å². The Hall–Kier alpha value is -2.49. The molecule has 0 aliphatic heterocycles. The van der Waals surface area contributed by atoms with Crippen LogP contribution in [0.25, 0.3) is 0 Å². The van der Waals surface area contributed by atoms with Gasteiger partial charge in [0.05, 0.1) is 7.11 Å². The highest BCUT2D eigenvalue weighted by Crippen LogP contribution is 2.25. The first kappa shape index (κ1) is 15.9. The van der Waals surface area contributed by atoms with Gasteiger partial charge in [-0.1, -0.05) is 43.3 Å². The van der Waals surface area contributed by atoms with Crippen LogP contribution in [0.15, 0.2) is 48.5 Å². The maximum Gasteiger partial charge on any atom is 0.258 e. The highest BCUT2D eigenvalue weighted by atomic mass is 16.5. The largest absolute Gasteiger partial charge is 0.493 e. The van der Waals surface area contributed by atoms with Crippen LogP contribution in [0, 0.1) is 0 Å². The van der Waals surface area contributed by atoms with Crippen molar-refractivity contribution in [1.29, 1.82) is 0 Å². The second kappa shape index (κ2) is 8.08. The van der Waals surface area contributed by atoms with Gasteiger partial charge in [-0.15, -0.1) is 0 Å². The molecule has 0 radical (unpaired) electrons. The average Bonchev–Trinajstić information content (AvgIpc) is 2.58. The normalized spacial score (nSPS) is 10.1. The van der Waals surface area contributed by atoms with Gasteiger partial charge < -0.3 is 14.8 Å². The molecule has 22 heavy (non-hydrogen) atoms. The number of ether oxygens (including phenoxy) is 2. The first-order chi connectivity index (χ1) is 10.7. The van der Waals surface area contributed by atoms with Crippen molar-refractivity contribution < 1.29 is 14.3 Å². The Morgan fingerprint density at radius 3 is 2.27 bits per heavy atom. The number of carbonyl (C=O) groups excluding carboxylic acids is 1. The molecule has 0 atom stereocenters. The van der Waals surface area contributed by atoms with Crippen molar-refractivity contribution in [2.24, 2.45) is 0 Å². The predicted octanol–water partition coefficient (Wildman–Crippen LogP) is 2.95. The summed E-state index contributed by atoms with van der Waals surface area (Å²) in [6.07, 6.45) is 1.01. The number of aryl methyl sites for hydroxylation is 1. The van der Waals surface area contributed by atoms with Crippen molar-refractivity contribution in [3.63, 3.8) is 0 Å². The molecule has 2 rings (SSSR count). The van der Waals surface area contributed by atoms with Gasteiger partial charge in [0, 0.05) is 6.54 Å². The molecule has 0 saturated carbocycles. The van der Waals surface area contributed by atoms with E-state index >= 15 is 0 Å². The summed E-state index contributed by atoms with van der Waals surface area (Å²) in [7, 11) is 1.57. The number of hydrogen-bond acceptors (Lipinski definition) is 3. The molecule has 2 aromatic carbocycles. The third kappa shape index (κ3) is 4.52. The fourth-order valence-electron chi connectivity index (χ4n) is 2.03. The predicted molar refractivity (Wildman–Crippen MR) is 86.2 cm³/mol. The molecule has 4 heteroatoms. The summed E-state index contributed by atoms with van der Waals surface area (Å²) < 4.78 is 10.6. The molecule has 1 amide bonds. The molecular weight excluding hydrogens is 278 g/mol. The molecule has 0 aliphatic rings. The van der Waals surface area contributed by atoms with Crippen molar-refractivity contribution in [2.75, 3.05) is 13.7 Å². The lowest BCUT2D eigenvalue weighted by atomic mass is 10.1. The van der Waals surface area contributed by atoms with Gasteiger partial charge in [-0.25, -0.2) is 0 Å². The van der Waals surface area contributed by atoms with Crippen molar-refractivity contribution in [3.05, 3.63) is 59.7 Å². The monoisotopic (exact) mass is 299 g/mol. The molecule has 0 heterocycles. The van der Waals surface area contributed by atoms with Crippen molar-refractivity contribution in [3.8, 4) is 11.5 Å². The number of carbonyl (C=O) groups is 1. The van der Waals surface area contributed by atoms with Crippen LogP contribution < -0.4 is 14.8 Å². The summed E-state index contributed by atoms with van der Waals surface area (Å²) in [6.45, 7) is 2.58. The molecule has 0 aromatic heterocycles. The van der Waals surface area contributed by atoms with E-state index in [0.29, 0.717) is 18.0 Å². The minimum absolute atomic E-state index is 0.0343. The number of methoxy groups -OCH3 is 1. The maximum absolute atomic E-state index is 11.8. The minimum atomic E-state index is -0.162. The summed E-state index contributed by atoms with van der Waals surface area (Å²) in [5.41, 5.74) is 2.36. The highest BCUT2D eigenvalue weighted by molar-refractivity contribution is 5.77. The van der Waals surface area contributed by atoms with Gasteiger partial charge in [-0.05, 0) is 29.7 Å². The quantitative estimate of drug-likeness (QED) is 0.855. The lowest BCUT2D eigenvalue weighted by molar-refractivity contribution is -0.123. The van der Waals surface area contributed by atoms with Crippen LogP contribution in [0.2, 0.25) is 0 Å². The number of para-hydroxylation sites is 2. The maximum atomic E-state index is 11.8.